The van der Waals surface area contributed by atoms with Crippen molar-refractivity contribution in [3.63, 3.8) is 0 Å². The summed E-state index contributed by atoms with van der Waals surface area (Å²) in [7, 11) is -3.68. The van der Waals surface area contributed by atoms with E-state index in [-0.39, 0.29) is 16.9 Å². The summed E-state index contributed by atoms with van der Waals surface area (Å²) >= 11 is 3.29. The highest BCUT2D eigenvalue weighted by molar-refractivity contribution is 9.10. The second kappa shape index (κ2) is 8.13. The average Bonchev–Trinajstić information content (AvgIpc) is 3.14. The van der Waals surface area contributed by atoms with Gasteiger partial charge in [0.15, 0.2) is 0 Å². The van der Waals surface area contributed by atoms with Crippen LogP contribution in [0.2, 0.25) is 0 Å². The number of benzene rings is 1. The minimum absolute atomic E-state index is 0.0379. The highest BCUT2D eigenvalue weighted by Crippen LogP contribution is 2.27. The number of nitrogens with one attached hydrogen (secondary N) is 1. The number of hydrogen-bond donors (Lipinski definition) is 1. The van der Waals surface area contributed by atoms with E-state index in [2.05, 4.69) is 21.2 Å². The molecule has 1 N–H and O–H groups in total. The molecule has 0 aromatic heterocycles. The molecule has 2 fully saturated rings. The molecule has 1 aromatic carbocycles. The predicted octanol–water partition coefficient (Wildman–Crippen LogP) is 1.38. The number of rotatable bonds is 5. The minimum atomic E-state index is -3.68. The number of amides is 1. The number of halogens is 1. The Morgan fingerprint density at radius 3 is 2.72 bits per heavy atom. The molecule has 0 saturated carbocycles. The van der Waals surface area contributed by atoms with Crippen molar-refractivity contribution in [1.29, 1.82) is 0 Å². The van der Waals surface area contributed by atoms with E-state index in [0.29, 0.717) is 42.9 Å². The van der Waals surface area contributed by atoms with Gasteiger partial charge >= 0.3 is 0 Å². The summed E-state index contributed by atoms with van der Waals surface area (Å²) < 4.78 is 38.2. The van der Waals surface area contributed by atoms with Gasteiger partial charge in [-0.15, -0.1) is 0 Å². The lowest BCUT2D eigenvalue weighted by Gasteiger charge is -2.26. The minimum Gasteiger partial charge on any atom is -0.379 e. The normalized spacial score (nSPS) is 22.0. The van der Waals surface area contributed by atoms with Crippen molar-refractivity contribution in [3.05, 3.63) is 28.2 Å². The van der Waals surface area contributed by atoms with Crippen LogP contribution >= 0.6 is 15.9 Å². The van der Waals surface area contributed by atoms with E-state index in [4.69, 9.17) is 9.47 Å². The van der Waals surface area contributed by atoms with E-state index in [1.54, 1.807) is 12.1 Å². The monoisotopic (exact) mass is 432 g/mol. The Balaban J connectivity index is 1.76. The number of sulfonamides is 1. The molecule has 138 valence electrons. The number of morpholine rings is 1. The van der Waals surface area contributed by atoms with E-state index in [9.17, 15) is 13.2 Å². The summed E-state index contributed by atoms with van der Waals surface area (Å²) in [4.78, 5) is 12.5. The maximum atomic E-state index is 12.8. The number of carbonyl (C=O) groups excluding carboxylic acids is 1. The van der Waals surface area contributed by atoms with Crippen LogP contribution in [0.1, 0.15) is 23.2 Å². The first-order chi connectivity index (χ1) is 12.0. The lowest BCUT2D eigenvalue weighted by atomic mass is 10.2. The fourth-order valence-corrected chi connectivity index (χ4v) is 5.24. The first-order valence-corrected chi connectivity index (χ1v) is 10.5. The SMILES string of the molecule is O=C(NC[C@H]1CCCO1)c1ccc(Br)c(S(=O)(=O)N2CCOCC2)c1. The van der Waals surface area contributed by atoms with E-state index in [0.717, 1.165) is 19.4 Å². The molecule has 0 spiro atoms. The Kier molecular flexibility index (Phi) is 6.11. The topological polar surface area (TPSA) is 84.9 Å². The van der Waals surface area contributed by atoms with Gasteiger partial charge in [-0.3, -0.25) is 4.79 Å². The molecule has 0 aliphatic carbocycles. The van der Waals surface area contributed by atoms with Gasteiger partial charge in [0.1, 0.15) is 0 Å². The van der Waals surface area contributed by atoms with Crippen LogP contribution in [-0.4, -0.2) is 64.2 Å². The van der Waals surface area contributed by atoms with E-state index >= 15 is 0 Å². The zero-order valence-corrected chi connectivity index (χ0v) is 16.1. The van der Waals surface area contributed by atoms with Crippen molar-refractivity contribution in [2.75, 3.05) is 39.5 Å². The summed E-state index contributed by atoms with van der Waals surface area (Å²) in [6, 6.07) is 4.61. The van der Waals surface area contributed by atoms with Crippen molar-refractivity contribution in [2.24, 2.45) is 0 Å². The standard InChI is InChI=1S/C16H21BrN2O5S/c17-14-4-3-12(16(20)18-11-13-2-1-7-24-13)10-15(14)25(21,22)19-5-8-23-9-6-19/h3-4,10,13H,1-2,5-9,11H2,(H,18,20)/t13-/m1/s1. The zero-order valence-electron chi connectivity index (χ0n) is 13.7. The van der Waals surface area contributed by atoms with Crippen LogP contribution in [0.25, 0.3) is 0 Å². The molecule has 2 aliphatic heterocycles. The molecule has 0 unspecified atom stereocenters. The quantitative estimate of drug-likeness (QED) is 0.759. The number of carbonyl (C=O) groups is 1. The summed E-state index contributed by atoms with van der Waals surface area (Å²) in [5.74, 6) is -0.304. The van der Waals surface area contributed by atoms with Gasteiger partial charge in [0.05, 0.1) is 24.2 Å². The maximum Gasteiger partial charge on any atom is 0.251 e. The van der Waals surface area contributed by atoms with Crippen LogP contribution in [0.4, 0.5) is 0 Å². The Morgan fingerprint density at radius 1 is 1.28 bits per heavy atom. The van der Waals surface area contributed by atoms with Crippen molar-refractivity contribution < 1.29 is 22.7 Å². The fourth-order valence-electron chi connectivity index (χ4n) is 2.88. The molecule has 0 bridgehead atoms. The molecule has 0 radical (unpaired) electrons. The second-order valence-corrected chi connectivity index (χ2v) is 8.77. The van der Waals surface area contributed by atoms with Gasteiger partial charge in [0, 0.05) is 36.3 Å². The molecule has 1 aromatic rings. The Hall–Kier alpha value is -1.00. The summed E-state index contributed by atoms with van der Waals surface area (Å²) in [6.07, 6.45) is 1.97. The van der Waals surface area contributed by atoms with Gasteiger partial charge in [0.2, 0.25) is 10.0 Å². The molecule has 2 saturated heterocycles. The van der Waals surface area contributed by atoms with Gasteiger partial charge in [-0.1, -0.05) is 0 Å². The van der Waals surface area contributed by atoms with Gasteiger partial charge < -0.3 is 14.8 Å². The van der Waals surface area contributed by atoms with Crippen LogP contribution in [0, 0.1) is 0 Å². The van der Waals surface area contributed by atoms with Crippen molar-refractivity contribution in [1.82, 2.24) is 9.62 Å². The van der Waals surface area contributed by atoms with Crippen molar-refractivity contribution in [2.45, 2.75) is 23.8 Å². The van der Waals surface area contributed by atoms with E-state index in [1.807, 2.05) is 0 Å². The van der Waals surface area contributed by atoms with Crippen LogP contribution in [-0.2, 0) is 19.5 Å². The zero-order chi connectivity index (χ0) is 17.9. The lowest BCUT2D eigenvalue weighted by molar-refractivity contribution is 0.0730. The van der Waals surface area contributed by atoms with Gasteiger partial charge in [-0.05, 0) is 47.0 Å². The Labute approximate surface area is 155 Å². The summed E-state index contributed by atoms with van der Waals surface area (Å²) in [6.45, 7) is 2.52. The number of ether oxygens (including phenoxy) is 2. The summed E-state index contributed by atoms with van der Waals surface area (Å²) in [5, 5.41) is 2.81. The van der Waals surface area contributed by atoms with Crippen molar-refractivity contribution >= 4 is 31.9 Å². The first kappa shape index (κ1) is 18.8. The highest BCUT2D eigenvalue weighted by Gasteiger charge is 2.29. The van der Waals surface area contributed by atoms with Crippen LogP contribution in [0.3, 0.4) is 0 Å². The van der Waals surface area contributed by atoms with Crippen LogP contribution < -0.4 is 5.32 Å². The molecule has 7 nitrogen and oxygen atoms in total. The number of hydrogen-bond acceptors (Lipinski definition) is 5. The van der Waals surface area contributed by atoms with Crippen LogP contribution in [0.5, 0.6) is 0 Å². The number of nitrogens with zero attached hydrogens (tertiary/aromatic N) is 1. The largest absolute Gasteiger partial charge is 0.379 e. The van der Waals surface area contributed by atoms with Gasteiger partial charge in [-0.2, -0.15) is 4.31 Å². The van der Waals surface area contributed by atoms with Gasteiger partial charge in [-0.25, -0.2) is 8.42 Å². The molecule has 1 amide bonds. The average molecular weight is 433 g/mol. The van der Waals surface area contributed by atoms with E-state index < -0.39 is 10.0 Å². The molecule has 1 atom stereocenters. The van der Waals surface area contributed by atoms with Crippen LogP contribution in [0.15, 0.2) is 27.6 Å². The molecule has 3 rings (SSSR count). The smallest absolute Gasteiger partial charge is 0.251 e. The Morgan fingerprint density at radius 2 is 2.04 bits per heavy atom. The lowest BCUT2D eigenvalue weighted by Crippen LogP contribution is -2.40. The molecule has 2 aliphatic rings. The van der Waals surface area contributed by atoms with Gasteiger partial charge in [0.25, 0.3) is 5.91 Å². The maximum absolute atomic E-state index is 12.8. The molecule has 9 heteroatoms. The van der Waals surface area contributed by atoms with Crippen molar-refractivity contribution in [3.8, 4) is 0 Å². The molecular formula is C16H21BrN2O5S. The second-order valence-electron chi connectivity index (χ2n) is 6.01. The first-order valence-electron chi connectivity index (χ1n) is 8.26. The molecule has 25 heavy (non-hydrogen) atoms. The molecular weight excluding hydrogens is 412 g/mol. The Bertz CT molecular complexity index is 728. The van der Waals surface area contributed by atoms with E-state index in [1.165, 1.54) is 10.4 Å². The fraction of sp³-hybridized carbons (Fsp3) is 0.562. The molecule has 2 heterocycles. The summed E-state index contributed by atoms with van der Waals surface area (Å²) in [5.41, 5.74) is 0.313. The third-order valence-electron chi connectivity index (χ3n) is 4.30. The third kappa shape index (κ3) is 4.40. The highest BCUT2D eigenvalue weighted by atomic mass is 79.9. The predicted molar refractivity (Wildman–Crippen MR) is 95.0 cm³/mol. The third-order valence-corrected chi connectivity index (χ3v) is 7.19.